The first-order valence-corrected chi connectivity index (χ1v) is 6.75. The summed E-state index contributed by atoms with van der Waals surface area (Å²) >= 11 is 0. The van der Waals surface area contributed by atoms with Gasteiger partial charge in [0.2, 0.25) is 5.91 Å². The van der Waals surface area contributed by atoms with E-state index in [1.807, 2.05) is 20.9 Å². The molecule has 1 aromatic heterocycles. The van der Waals surface area contributed by atoms with Gasteiger partial charge in [-0.3, -0.25) is 14.4 Å². The molecule has 0 bridgehead atoms. The summed E-state index contributed by atoms with van der Waals surface area (Å²) in [6, 6.07) is 0.198. The lowest BCUT2D eigenvalue weighted by Gasteiger charge is -2.29. The average molecular weight is 338 g/mol. The van der Waals surface area contributed by atoms with Gasteiger partial charge in [0.15, 0.2) is 0 Å². The van der Waals surface area contributed by atoms with Crippen LogP contribution in [-0.4, -0.2) is 46.3 Å². The van der Waals surface area contributed by atoms with Crippen LogP contribution >= 0.6 is 24.8 Å². The molecule has 2 rings (SSSR count). The maximum Gasteiger partial charge on any atom is 0.238 e. The maximum absolute atomic E-state index is 12.1. The van der Waals surface area contributed by atoms with Crippen LogP contribution in [0.15, 0.2) is 0 Å². The standard InChI is InChI=1S/C13H23N5O.2ClH/c1-9-13(10(2)17(3)16-9)15-12(19)8-18-6-4-5-11(14)7-18;;/h11H,4-8,14H2,1-3H3,(H,15,19);2*1H/t11-;;/m1../s1. The van der Waals surface area contributed by atoms with Crippen molar-refractivity contribution in [2.24, 2.45) is 12.8 Å². The number of anilines is 1. The Kier molecular flexibility index (Phi) is 8.25. The summed E-state index contributed by atoms with van der Waals surface area (Å²) in [6.45, 7) is 6.01. The number of carbonyl (C=O) groups is 1. The number of nitrogens with zero attached hydrogens (tertiary/aromatic N) is 3. The molecule has 122 valence electrons. The Morgan fingerprint density at radius 1 is 1.43 bits per heavy atom. The Morgan fingerprint density at radius 2 is 2.10 bits per heavy atom. The number of aromatic nitrogens is 2. The highest BCUT2D eigenvalue weighted by Crippen LogP contribution is 2.18. The number of hydrogen-bond donors (Lipinski definition) is 2. The Morgan fingerprint density at radius 3 is 2.62 bits per heavy atom. The third-order valence-corrected chi connectivity index (χ3v) is 3.68. The number of hydrogen-bond acceptors (Lipinski definition) is 4. The number of likely N-dealkylation sites (tertiary alicyclic amines) is 1. The van der Waals surface area contributed by atoms with Gasteiger partial charge in [0, 0.05) is 19.6 Å². The summed E-state index contributed by atoms with van der Waals surface area (Å²) in [4.78, 5) is 14.2. The third kappa shape index (κ3) is 5.14. The van der Waals surface area contributed by atoms with Gasteiger partial charge in [0.05, 0.1) is 23.6 Å². The highest BCUT2D eigenvalue weighted by atomic mass is 35.5. The summed E-state index contributed by atoms with van der Waals surface area (Å²) in [6.07, 6.45) is 2.12. The molecule has 0 spiro atoms. The van der Waals surface area contributed by atoms with E-state index in [1.54, 1.807) is 4.68 Å². The van der Waals surface area contributed by atoms with Crippen molar-refractivity contribution in [1.29, 1.82) is 0 Å². The minimum absolute atomic E-state index is 0. The molecule has 0 unspecified atom stereocenters. The van der Waals surface area contributed by atoms with Gasteiger partial charge in [-0.15, -0.1) is 24.8 Å². The van der Waals surface area contributed by atoms with E-state index in [9.17, 15) is 4.79 Å². The van der Waals surface area contributed by atoms with Crippen LogP contribution in [0.25, 0.3) is 0 Å². The number of amides is 1. The minimum Gasteiger partial charge on any atom is -0.327 e. The Labute approximate surface area is 138 Å². The molecule has 1 saturated heterocycles. The number of nitrogens with two attached hydrogens (primary N) is 1. The third-order valence-electron chi connectivity index (χ3n) is 3.68. The van der Waals surface area contributed by atoms with Crippen molar-refractivity contribution in [2.75, 3.05) is 25.0 Å². The largest absolute Gasteiger partial charge is 0.327 e. The molecule has 6 nitrogen and oxygen atoms in total. The zero-order valence-corrected chi connectivity index (χ0v) is 14.4. The summed E-state index contributed by atoms with van der Waals surface area (Å²) in [7, 11) is 1.88. The topological polar surface area (TPSA) is 76.2 Å². The van der Waals surface area contributed by atoms with Crippen LogP contribution in [-0.2, 0) is 11.8 Å². The van der Waals surface area contributed by atoms with E-state index >= 15 is 0 Å². The first kappa shape index (κ1) is 20.2. The highest BCUT2D eigenvalue weighted by Gasteiger charge is 2.20. The normalized spacial score (nSPS) is 18.6. The number of rotatable bonds is 3. The predicted octanol–water partition coefficient (Wildman–Crippen LogP) is 1.24. The van der Waals surface area contributed by atoms with Crippen molar-refractivity contribution in [3.63, 3.8) is 0 Å². The highest BCUT2D eigenvalue weighted by molar-refractivity contribution is 5.93. The van der Waals surface area contributed by atoms with E-state index in [1.165, 1.54) is 0 Å². The van der Waals surface area contributed by atoms with Crippen molar-refractivity contribution in [2.45, 2.75) is 32.7 Å². The number of piperidine rings is 1. The molecule has 2 heterocycles. The van der Waals surface area contributed by atoms with Crippen molar-refractivity contribution in [1.82, 2.24) is 14.7 Å². The van der Waals surface area contributed by atoms with Crippen LogP contribution in [0.4, 0.5) is 5.69 Å². The second kappa shape index (κ2) is 8.58. The lowest BCUT2D eigenvalue weighted by atomic mass is 10.1. The van der Waals surface area contributed by atoms with Gasteiger partial charge >= 0.3 is 0 Å². The fraction of sp³-hybridized carbons (Fsp3) is 0.692. The van der Waals surface area contributed by atoms with Crippen molar-refractivity contribution >= 4 is 36.4 Å². The van der Waals surface area contributed by atoms with Crippen LogP contribution in [0.1, 0.15) is 24.2 Å². The number of aryl methyl sites for hydroxylation is 2. The van der Waals surface area contributed by atoms with Crippen LogP contribution in [0.5, 0.6) is 0 Å². The van der Waals surface area contributed by atoms with Crippen molar-refractivity contribution in [3.05, 3.63) is 11.4 Å². The molecule has 0 saturated carbocycles. The molecule has 1 aliphatic heterocycles. The molecule has 1 aromatic rings. The predicted molar refractivity (Wildman–Crippen MR) is 89.5 cm³/mol. The molecule has 8 heteroatoms. The number of halogens is 2. The molecule has 1 amide bonds. The summed E-state index contributed by atoms with van der Waals surface area (Å²) in [5.41, 5.74) is 8.57. The molecule has 0 radical (unpaired) electrons. The first-order valence-electron chi connectivity index (χ1n) is 6.75. The lowest BCUT2D eigenvalue weighted by Crippen LogP contribution is -2.45. The van der Waals surface area contributed by atoms with E-state index in [2.05, 4.69) is 15.3 Å². The van der Waals surface area contributed by atoms with Gasteiger partial charge in [0.25, 0.3) is 0 Å². The summed E-state index contributed by atoms with van der Waals surface area (Å²) < 4.78 is 1.78. The lowest BCUT2D eigenvalue weighted by molar-refractivity contribution is -0.117. The fourth-order valence-corrected chi connectivity index (χ4v) is 2.57. The Bertz CT molecular complexity index is 477. The molecule has 1 fully saturated rings. The van der Waals surface area contributed by atoms with E-state index in [0.717, 1.165) is 43.0 Å². The second-order valence-electron chi connectivity index (χ2n) is 5.36. The van der Waals surface area contributed by atoms with Crippen molar-refractivity contribution in [3.8, 4) is 0 Å². The van der Waals surface area contributed by atoms with E-state index in [-0.39, 0.29) is 36.8 Å². The second-order valence-corrected chi connectivity index (χ2v) is 5.36. The molecule has 21 heavy (non-hydrogen) atoms. The molecule has 3 N–H and O–H groups in total. The zero-order chi connectivity index (χ0) is 14.0. The minimum atomic E-state index is 0. The molecule has 1 atom stereocenters. The average Bonchev–Trinajstić information content (AvgIpc) is 2.56. The molecule has 0 aliphatic carbocycles. The Balaban J connectivity index is 0.00000200. The van der Waals surface area contributed by atoms with Gasteiger partial charge < -0.3 is 11.1 Å². The van der Waals surface area contributed by atoms with Gasteiger partial charge in [-0.05, 0) is 33.2 Å². The fourth-order valence-electron chi connectivity index (χ4n) is 2.57. The molecule has 0 aromatic carbocycles. The summed E-state index contributed by atoms with van der Waals surface area (Å²) in [5, 5.41) is 7.25. The number of nitrogens with one attached hydrogen (secondary N) is 1. The zero-order valence-electron chi connectivity index (χ0n) is 12.8. The molecular formula is C13H25Cl2N5O. The SMILES string of the molecule is Cc1nn(C)c(C)c1NC(=O)CN1CCC[C@@H](N)C1.Cl.Cl. The van der Waals surface area contributed by atoms with Gasteiger partial charge in [0.1, 0.15) is 0 Å². The molecule has 1 aliphatic rings. The number of carbonyl (C=O) groups excluding carboxylic acids is 1. The monoisotopic (exact) mass is 337 g/mol. The quantitative estimate of drug-likeness (QED) is 0.870. The van der Waals surface area contributed by atoms with E-state index in [4.69, 9.17) is 5.73 Å². The van der Waals surface area contributed by atoms with Crippen LogP contribution in [0.2, 0.25) is 0 Å². The smallest absolute Gasteiger partial charge is 0.238 e. The first-order chi connectivity index (χ1) is 8.97. The van der Waals surface area contributed by atoms with Gasteiger partial charge in [-0.2, -0.15) is 5.10 Å². The van der Waals surface area contributed by atoms with Crippen LogP contribution < -0.4 is 11.1 Å². The van der Waals surface area contributed by atoms with Crippen molar-refractivity contribution < 1.29 is 4.79 Å². The summed E-state index contributed by atoms with van der Waals surface area (Å²) in [5.74, 6) is 0.00769. The maximum atomic E-state index is 12.1. The van der Waals surface area contributed by atoms with Gasteiger partial charge in [-0.1, -0.05) is 0 Å². The van der Waals surface area contributed by atoms with E-state index in [0.29, 0.717) is 6.54 Å². The van der Waals surface area contributed by atoms with Gasteiger partial charge in [-0.25, -0.2) is 0 Å². The molecular weight excluding hydrogens is 313 g/mol. The van der Waals surface area contributed by atoms with Crippen LogP contribution in [0.3, 0.4) is 0 Å². The van der Waals surface area contributed by atoms with E-state index < -0.39 is 0 Å². The van der Waals surface area contributed by atoms with Crippen LogP contribution in [0, 0.1) is 13.8 Å². The Hall–Kier alpha value is -0.820.